The molecule has 1 atom stereocenters. The van der Waals surface area contributed by atoms with E-state index in [9.17, 15) is 20.4 Å². The van der Waals surface area contributed by atoms with E-state index in [0.717, 1.165) is 24.8 Å². The van der Waals surface area contributed by atoms with Gasteiger partial charge in [0.05, 0.1) is 25.2 Å². The van der Waals surface area contributed by atoms with Crippen LogP contribution >= 0.6 is 0 Å². The monoisotopic (exact) mass is 456 g/mol. The summed E-state index contributed by atoms with van der Waals surface area (Å²) in [4.78, 5) is 0. The van der Waals surface area contributed by atoms with Crippen LogP contribution in [0.5, 0.6) is 0 Å². The van der Waals surface area contributed by atoms with E-state index in [1.807, 2.05) is 42.5 Å². The van der Waals surface area contributed by atoms with Crippen LogP contribution in [0.15, 0.2) is 54.6 Å². The van der Waals surface area contributed by atoms with Crippen molar-refractivity contribution in [3.8, 4) is 0 Å². The lowest BCUT2D eigenvalue weighted by Gasteiger charge is -2.45. The van der Waals surface area contributed by atoms with Crippen LogP contribution in [-0.4, -0.2) is 40.2 Å². The molecule has 0 fully saturated rings. The van der Waals surface area contributed by atoms with Gasteiger partial charge in [0.1, 0.15) is 5.60 Å². The molecule has 0 bridgehead atoms. The smallest absolute Gasteiger partial charge is 0.127 e. The number of benzene rings is 2. The summed E-state index contributed by atoms with van der Waals surface area (Å²) in [6.07, 6.45) is 13.4. The fraction of sp³-hybridized carbons (Fsp3) is 0.586. The van der Waals surface area contributed by atoms with Crippen LogP contribution in [0.3, 0.4) is 0 Å². The van der Waals surface area contributed by atoms with E-state index in [1.165, 1.54) is 51.4 Å². The van der Waals surface area contributed by atoms with Crippen LogP contribution < -0.4 is 0 Å². The quantitative estimate of drug-likeness (QED) is 0.242. The summed E-state index contributed by atoms with van der Waals surface area (Å²) in [5.74, 6) is 0. The largest absolute Gasteiger partial charge is 0.395 e. The summed E-state index contributed by atoms with van der Waals surface area (Å²) >= 11 is 0. The van der Waals surface area contributed by atoms with Crippen LogP contribution in [0, 0.1) is 5.41 Å². The maximum absolute atomic E-state index is 12.1. The molecule has 0 aliphatic carbocycles. The van der Waals surface area contributed by atoms with Gasteiger partial charge in [0.25, 0.3) is 0 Å². The molecular formula is C29H44O4. The van der Waals surface area contributed by atoms with Gasteiger partial charge >= 0.3 is 0 Å². The van der Waals surface area contributed by atoms with Gasteiger partial charge in [-0.1, -0.05) is 119 Å². The van der Waals surface area contributed by atoms with Crippen LogP contribution in [0.2, 0.25) is 0 Å². The maximum Gasteiger partial charge on any atom is 0.127 e. The second-order valence-corrected chi connectivity index (χ2v) is 9.42. The van der Waals surface area contributed by atoms with Crippen molar-refractivity contribution in [3.05, 3.63) is 71.3 Å². The van der Waals surface area contributed by atoms with E-state index >= 15 is 0 Å². The zero-order valence-electron chi connectivity index (χ0n) is 20.4. The summed E-state index contributed by atoms with van der Waals surface area (Å²) in [6.45, 7) is 0.615. The highest BCUT2D eigenvalue weighted by molar-refractivity contribution is 5.44. The van der Waals surface area contributed by atoms with Gasteiger partial charge in [-0.25, -0.2) is 0 Å². The van der Waals surface area contributed by atoms with Gasteiger partial charge in [-0.2, -0.15) is 0 Å². The molecule has 2 aromatic rings. The molecule has 0 aromatic heterocycles. The molecule has 4 heteroatoms. The molecule has 2 rings (SSSR count). The average molecular weight is 457 g/mol. The second-order valence-electron chi connectivity index (χ2n) is 9.42. The highest BCUT2D eigenvalue weighted by atomic mass is 16.3. The standard InChI is InChI=1S/C29H44O4/c1-2-3-4-5-6-7-8-9-10-12-17-25-18-15-16-21-27(25)29(33,26-19-13-11-14-20-26)28(22-30,23-31)24-32/h11,13-16,18-21,30-33H,2-10,12,17,22-24H2,1H3. The van der Waals surface area contributed by atoms with E-state index in [2.05, 4.69) is 6.92 Å². The molecule has 0 aliphatic rings. The summed E-state index contributed by atoms with van der Waals surface area (Å²) in [7, 11) is 0. The molecule has 0 saturated heterocycles. The Kier molecular flexibility index (Phi) is 12.1. The molecule has 0 heterocycles. The van der Waals surface area contributed by atoms with Crippen molar-refractivity contribution < 1.29 is 20.4 Å². The van der Waals surface area contributed by atoms with Gasteiger partial charge in [0.15, 0.2) is 0 Å². The van der Waals surface area contributed by atoms with Crippen molar-refractivity contribution >= 4 is 0 Å². The lowest BCUT2D eigenvalue weighted by atomic mass is 9.64. The number of aliphatic hydroxyl groups excluding tert-OH is 3. The third kappa shape index (κ3) is 6.89. The van der Waals surface area contributed by atoms with Gasteiger partial charge < -0.3 is 20.4 Å². The van der Waals surface area contributed by atoms with Crippen LogP contribution in [-0.2, 0) is 12.0 Å². The van der Waals surface area contributed by atoms with Crippen LogP contribution in [0.4, 0.5) is 0 Å². The molecule has 33 heavy (non-hydrogen) atoms. The highest BCUT2D eigenvalue weighted by Crippen LogP contribution is 2.46. The molecule has 0 saturated carbocycles. The predicted molar refractivity (Wildman–Crippen MR) is 135 cm³/mol. The molecule has 1 unspecified atom stereocenters. The Morgan fingerprint density at radius 2 is 1.09 bits per heavy atom. The summed E-state index contributed by atoms with van der Waals surface area (Å²) in [5, 5.41) is 42.8. The summed E-state index contributed by atoms with van der Waals surface area (Å²) in [5.41, 5.74) is -1.05. The Morgan fingerprint density at radius 3 is 1.64 bits per heavy atom. The summed E-state index contributed by atoms with van der Waals surface area (Å²) in [6, 6.07) is 16.8. The Balaban J connectivity index is 2.12. The van der Waals surface area contributed by atoms with Crippen molar-refractivity contribution in [2.24, 2.45) is 5.41 Å². The fourth-order valence-corrected chi connectivity index (χ4v) is 4.81. The number of aliphatic hydroxyl groups is 4. The number of aryl methyl sites for hydroxylation is 1. The van der Waals surface area contributed by atoms with Crippen molar-refractivity contribution in [1.29, 1.82) is 0 Å². The second kappa shape index (κ2) is 14.5. The zero-order valence-corrected chi connectivity index (χ0v) is 20.4. The average Bonchev–Trinajstić information content (AvgIpc) is 2.87. The van der Waals surface area contributed by atoms with E-state index in [4.69, 9.17) is 0 Å². The molecule has 0 radical (unpaired) electrons. The van der Waals surface area contributed by atoms with Crippen molar-refractivity contribution in [2.75, 3.05) is 19.8 Å². The first-order chi connectivity index (χ1) is 16.1. The number of unbranched alkanes of at least 4 members (excludes halogenated alkanes) is 9. The zero-order chi connectivity index (χ0) is 24.0. The number of hydrogen-bond donors (Lipinski definition) is 4. The van der Waals surface area contributed by atoms with Crippen molar-refractivity contribution in [1.82, 2.24) is 0 Å². The molecule has 0 amide bonds. The lowest BCUT2D eigenvalue weighted by molar-refractivity contribution is -0.136. The minimum atomic E-state index is -1.72. The van der Waals surface area contributed by atoms with Gasteiger partial charge in [-0.3, -0.25) is 0 Å². The molecule has 0 spiro atoms. The van der Waals surface area contributed by atoms with Crippen molar-refractivity contribution in [3.63, 3.8) is 0 Å². The van der Waals surface area contributed by atoms with E-state index < -0.39 is 30.8 Å². The first-order valence-electron chi connectivity index (χ1n) is 12.8. The Morgan fingerprint density at radius 1 is 0.606 bits per heavy atom. The first kappa shape index (κ1) is 27.5. The molecule has 184 valence electrons. The SMILES string of the molecule is CCCCCCCCCCCCc1ccccc1C(O)(c1ccccc1)C(CO)(CO)CO. The molecule has 2 aromatic carbocycles. The number of rotatable bonds is 17. The first-order valence-corrected chi connectivity index (χ1v) is 12.8. The minimum absolute atomic E-state index is 0.544. The third-order valence-corrected chi connectivity index (χ3v) is 7.07. The Labute approximate surface area is 200 Å². The van der Waals surface area contributed by atoms with E-state index in [1.54, 1.807) is 12.1 Å². The molecule has 0 aliphatic heterocycles. The van der Waals surface area contributed by atoms with Gasteiger partial charge in [0, 0.05) is 0 Å². The lowest BCUT2D eigenvalue weighted by Crippen LogP contribution is -2.54. The Hall–Kier alpha value is -1.72. The van der Waals surface area contributed by atoms with E-state index in [0.29, 0.717) is 11.1 Å². The number of hydrogen-bond acceptors (Lipinski definition) is 4. The molecule has 4 N–H and O–H groups in total. The van der Waals surface area contributed by atoms with Gasteiger partial charge in [0.2, 0.25) is 0 Å². The normalized spacial score (nSPS) is 13.7. The van der Waals surface area contributed by atoms with Crippen LogP contribution in [0.25, 0.3) is 0 Å². The Bertz CT molecular complexity index is 764. The van der Waals surface area contributed by atoms with Gasteiger partial charge in [-0.05, 0) is 29.5 Å². The molecule has 4 nitrogen and oxygen atoms in total. The van der Waals surface area contributed by atoms with Crippen LogP contribution in [0.1, 0.15) is 87.8 Å². The topological polar surface area (TPSA) is 80.9 Å². The predicted octanol–water partition coefficient (Wildman–Crippen LogP) is 5.35. The molecular weight excluding hydrogens is 412 g/mol. The highest BCUT2D eigenvalue weighted by Gasteiger charge is 2.52. The fourth-order valence-electron chi connectivity index (χ4n) is 4.81. The third-order valence-electron chi connectivity index (χ3n) is 7.07. The van der Waals surface area contributed by atoms with Gasteiger partial charge in [-0.15, -0.1) is 0 Å². The summed E-state index contributed by atoms with van der Waals surface area (Å²) < 4.78 is 0. The maximum atomic E-state index is 12.1. The van der Waals surface area contributed by atoms with E-state index in [-0.39, 0.29) is 0 Å². The van der Waals surface area contributed by atoms with Crippen molar-refractivity contribution in [2.45, 2.75) is 83.2 Å². The minimum Gasteiger partial charge on any atom is -0.395 e.